The summed E-state index contributed by atoms with van der Waals surface area (Å²) in [6, 6.07) is 7.17. The molecule has 22 heavy (non-hydrogen) atoms. The largest absolute Gasteiger partial charge is 0.475 e. The van der Waals surface area contributed by atoms with Crippen LogP contribution in [0.4, 0.5) is 5.69 Å². The lowest BCUT2D eigenvalue weighted by Crippen LogP contribution is -2.55. The number of hydrogen-bond donors (Lipinski definition) is 0. The van der Waals surface area contributed by atoms with Gasteiger partial charge in [0.25, 0.3) is 5.91 Å². The van der Waals surface area contributed by atoms with Gasteiger partial charge in [-0.2, -0.15) is 5.26 Å². The Morgan fingerprint density at radius 1 is 1.36 bits per heavy atom. The highest BCUT2D eigenvalue weighted by Crippen LogP contribution is 2.41. The summed E-state index contributed by atoms with van der Waals surface area (Å²) in [6.07, 6.45) is 1.34. The molecule has 0 radical (unpaired) electrons. The molecule has 0 bridgehead atoms. The summed E-state index contributed by atoms with van der Waals surface area (Å²) in [6.45, 7) is 5.61. The van der Waals surface area contributed by atoms with Crippen molar-refractivity contribution in [2.45, 2.75) is 45.6 Å². The van der Waals surface area contributed by atoms with E-state index >= 15 is 0 Å². The van der Waals surface area contributed by atoms with Gasteiger partial charge in [-0.3, -0.25) is 9.59 Å². The number of nitriles is 1. The smallest absolute Gasteiger partial charge is 0.271 e. The molecule has 0 N–H and O–H groups in total. The number of benzene rings is 1. The number of rotatable bonds is 5. The van der Waals surface area contributed by atoms with Gasteiger partial charge in [0.1, 0.15) is 5.75 Å². The first-order valence-corrected chi connectivity index (χ1v) is 7.52. The fourth-order valence-corrected chi connectivity index (χ4v) is 2.72. The van der Waals surface area contributed by atoms with Crippen LogP contribution in [0.15, 0.2) is 18.2 Å². The number of nitrogens with zero attached hydrogens (tertiary/aromatic N) is 2. The van der Waals surface area contributed by atoms with Crippen molar-refractivity contribution in [3.8, 4) is 11.8 Å². The molecule has 5 nitrogen and oxygen atoms in total. The summed E-state index contributed by atoms with van der Waals surface area (Å²) in [5.74, 6) is 0.380. The molecule has 5 heteroatoms. The molecule has 0 atom stereocenters. The first kappa shape index (κ1) is 16.0. The Bertz CT molecular complexity index is 642. The molecular formula is C17H20N2O3. The molecule has 0 fully saturated rings. The second-order valence-corrected chi connectivity index (χ2v) is 5.41. The average molecular weight is 300 g/mol. The summed E-state index contributed by atoms with van der Waals surface area (Å²) in [7, 11) is 0. The van der Waals surface area contributed by atoms with E-state index in [1.54, 1.807) is 23.1 Å². The summed E-state index contributed by atoms with van der Waals surface area (Å²) in [5, 5.41) is 8.85. The zero-order valence-corrected chi connectivity index (χ0v) is 13.2. The van der Waals surface area contributed by atoms with Crippen LogP contribution in [0.5, 0.6) is 5.75 Å². The third kappa shape index (κ3) is 2.57. The van der Waals surface area contributed by atoms with Gasteiger partial charge in [0.15, 0.2) is 11.4 Å². The van der Waals surface area contributed by atoms with Gasteiger partial charge in [-0.25, -0.2) is 0 Å². The SMILES string of the molecule is CCC1(CC)Oc2ccc(C(C)=O)cc2N(CCC#N)C1=O. The number of amides is 1. The molecule has 0 spiro atoms. The van der Waals surface area contributed by atoms with Crippen LogP contribution in [0.2, 0.25) is 0 Å². The molecule has 1 aliphatic heterocycles. The minimum Gasteiger partial charge on any atom is -0.475 e. The summed E-state index contributed by atoms with van der Waals surface area (Å²) in [4.78, 5) is 26.0. The molecule has 0 saturated heterocycles. The Balaban J connectivity index is 2.55. The fraction of sp³-hybridized carbons (Fsp3) is 0.471. The highest BCUT2D eigenvalue weighted by atomic mass is 16.5. The number of hydrogen-bond acceptors (Lipinski definition) is 4. The maximum atomic E-state index is 12.9. The predicted molar refractivity (Wildman–Crippen MR) is 83.0 cm³/mol. The quantitative estimate of drug-likeness (QED) is 0.783. The molecule has 2 rings (SSSR count). The lowest BCUT2D eigenvalue weighted by Gasteiger charge is -2.42. The topological polar surface area (TPSA) is 70.4 Å². The first-order valence-electron chi connectivity index (χ1n) is 7.52. The highest BCUT2D eigenvalue weighted by molar-refractivity contribution is 6.04. The zero-order chi connectivity index (χ0) is 16.3. The van der Waals surface area contributed by atoms with E-state index in [0.717, 1.165) is 0 Å². The van der Waals surface area contributed by atoms with Crippen LogP contribution in [-0.4, -0.2) is 23.8 Å². The molecule has 0 aromatic heterocycles. The zero-order valence-electron chi connectivity index (χ0n) is 13.2. The molecule has 0 saturated carbocycles. The lowest BCUT2D eigenvalue weighted by molar-refractivity contribution is -0.136. The van der Waals surface area contributed by atoms with E-state index in [4.69, 9.17) is 10.00 Å². The minimum absolute atomic E-state index is 0.0710. The van der Waals surface area contributed by atoms with Gasteiger partial charge in [-0.1, -0.05) is 13.8 Å². The highest BCUT2D eigenvalue weighted by Gasteiger charge is 2.45. The molecule has 0 aliphatic carbocycles. The van der Waals surface area contributed by atoms with Crippen molar-refractivity contribution in [2.24, 2.45) is 0 Å². The van der Waals surface area contributed by atoms with Gasteiger partial charge in [0, 0.05) is 12.1 Å². The van der Waals surface area contributed by atoms with Gasteiger partial charge < -0.3 is 9.64 Å². The van der Waals surface area contributed by atoms with E-state index in [0.29, 0.717) is 36.4 Å². The molecule has 1 aliphatic rings. The van der Waals surface area contributed by atoms with Crippen LogP contribution < -0.4 is 9.64 Å². The van der Waals surface area contributed by atoms with Gasteiger partial charge in [0.2, 0.25) is 0 Å². The predicted octanol–water partition coefficient (Wildman–Crippen LogP) is 3.09. The molecule has 1 aromatic carbocycles. The monoisotopic (exact) mass is 300 g/mol. The normalized spacial score (nSPS) is 15.7. The Hall–Kier alpha value is -2.35. The van der Waals surface area contributed by atoms with E-state index in [1.807, 2.05) is 13.8 Å². The third-order valence-electron chi connectivity index (χ3n) is 4.19. The van der Waals surface area contributed by atoms with Gasteiger partial charge in [-0.15, -0.1) is 0 Å². The molecule has 0 unspecified atom stereocenters. The van der Waals surface area contributed by atoms with Gasteiger partial charge in [0.05, 0.1) is 18.2 Å². The Labute approximate surface area is 130 Å². The third-order valence-corrected chi connectivity index (χ3v) is 4.19. The van der Waals surface area contributed by atoms with Crippen molar-refractivity contribution in [3.63, 3.8) is 0 Å². The maximum Gasteiger partial charge on any atom is 0.271 e. The van der Waals surface area contributed by atoms with E-state index in [-0.39, 0.29) is 18.1 Å². The molecular weight excluding hydrogens is 280 g/mol. The molecule has 116 valence electrons. The van der Waals surface area contributed by atoms with Crippen LogP contribution in [0.3, 0.4) is 0 Å². The molecule has 1 heterocycles. The number of anilines is 1. The van der Waals surface area contributed by atoms with E-state index in [9.17, 15) is 9.59 Å². The van der Waals surface area contributed by atoms with Gasteiger partial charge in [-0.05, 0) is 38.0 Å². The number of ether oxygens (including phenoxy) is 1. The van der Waals surface area contributed by atoms with Crippen molar-refractivity contribution in [1.29, 1.82) is 5.26 Å². The van der Waals surface area contributed by atoms with E-state index in [2.05, 4.69) is 6.07 Å². The van der Waals surface area contributed by atoms with Crippen molar-refractivity contribution in [2.75, 3.05) is 11.4 Å². The van der Waals surface area contributed by atoms with E-state index in [1.165, 1.54) is 6.92 Å². The average Bonchev–Trinajstić information content (AvgIpc) is 2.53. The second kappa shape index (κ2) is 6.18. The summed E-state index contributed by atoms with van der Waals surface area (Å²) >= 11 is 0. The van der Waals surface area contributed by atoms with E-state index < -0.39 is 5.60 Å². The lowest BCUT2D eigenvalue weighted by atomic mass is 9.92. The number of fused-ring (bicyclic) bond motifs is 1. The van der Waals surface area contributed by atoms with Crippen molar-refractivity contribution < 1.29 is 14.3 Å². The van der Waals surface area contributed by atoms with Crippen LogP contribution in [0.1, 0.15) is 50.4 Å². The fourth-order valence-electron chi connectivity index (χ4n) is 2.72. The molecule has 1 amide bonds. The second-order valence-electron chi connectivity index (χ2n) is 5.41. The van der Waals surface area contributed by atoms with Crippen LogP contribution in [-0.2, 0) is 4.79 Å². The van der Waals surface area contributed by atoms with Crippen molar-refractivity contribution in [1.82, 2.24) is 0 Å². The standard InChI is InChI=1S/C17H20N2O3/c1-4-17(5-2)16(21)19(10-6-9-18)14-11-13(12(3)20)7-8-15(14)22-17/h7-8,11H,4-6,10H2,1-3H3. The first-order chi connectivity index (χ1) is 10.5. The summed E-state index contributed by atoms with van der Waals surface area (Å²) in [5.41, 5.74) is 0.211. The van der Waals surface area contributed by atoms with Crippen molar-refractivity contribution >= 4 is 17.4 Å². The Kier molecular flexibility index (Phi) is 4.51. The number of carbonyl (C=O) groups is 2. The molecule has 1 aromatic rings. The van der Waals surface area contributed by atoms with Crippen molar-refractivity contribution in [3.05, 3.63) is 23.8 Å². The van der Waals surface area contributed by atoms with Crippen LogP contribution in [0, 0.1) is 11.3 Å². The Morgan fingerprint density at radius 3 is 2.59 bits per heavy atom. The minimum atomic E-state index is -0.889. The maximum absolute atomic E-state index is 12.9. The number of ketones is 1. The Morgan fingerprint density at radius 2 is 2.05 bits per heavy atom. The summed E-state index contributed by atoms with van der Waals surface area (Å²) < 4.78 is 5.99. The number of Topliss-reactive ketones (excluding diaryl/α,β-unsaturated/α-hetero) is 1. The van der Waals surface area contributed by atoms with Crippen LogP contribution >= 0.6 is 0 Å². The number of carbonyl (C=O) groups excluding carboxylic acids is 2. The van der Waals surface area contributed by atoms with Gasteiger partial charge >= 0.3 is 0 Å². The van der Waals surface area contributed by atoms with Crippen LogP contribution in [0.25, 0.3) is 0 Å².